The molecule has 0 aliphatic heterocycles. The van der Waals surface area contributed by atoms with Gasteiger partial charge in [-0.2, -0.15) is 11.8 Å². The number of carboxylic acids is 1. The molecule has 0 saturated heterocycles. The van der Waals surface area contributed by atoms with Gasteiger partial charge in [-0.15, -0.1) is 0 Å². The van der Waals surface area contributed by atoms with Crippen molar-refractivity contribution in [1.29, 1.82) is 0 Å². The Kier molecular flexibility index (Phi) is 8.56. The number of benzene rings is 1. The van der Waals surface area contributed by atoms with Gasteiger partial charge in [-0.05, 0) is 48.3 Å². The molecule has 0 bridgehead atoms. The maximum atomic E-state index is 12.0. The first-order chi connectivity index (χ1) is 11.1. The summed E-state index contributed by atoms with van der Waals surface area (Å²) in [6.45, 7) is 4.26. The summed E-state index contributed by atoms with van der Waals surface area (Å²) in [5.41, 5.74) is -0.206. The van der Waals surface area contributed by atoms with E-state index in [1.54, 1.807) is 23.9 Å². The zero-order chi connectivity index (χ0) is 18.2. The second-order valence-electron chi connectivity index (χ2n) is 6.30. The molecule has 0 amide bonds. The summed E-state index contributed by atoms with van der Waals surface area (Å²) >= 11 is 7.40. The Bertz CT molecular complexity index is 630. The van der Waals surface area contributed by atoms with Crippen molar-refractivity contribution < 1.29 is 18.3 Å². The number of carboxylic acid groups (broad SMARTS) is 1. The molecular formula is C16H24ClNO4S2. The molecule has 0 aliphatic carbocycles. The summed E-state index contributed by atoms with van der Waals surface area (Å²) in [4.78, 5) is 10.9. The molecule has 2 N–H and O–H groups in total. The van der Waals surface area contributed by atoms with Crippen molar-refractivity contribution >= 4 is 39.4 Å². The standard InChI is InChI=1S/C16H24ClNO4S2/c1-16(2,12-15(19)20)8-3-10-23-11-9-18-24(21,22)14-6-4-13(17)5-7-14/h4-7,18H,3,8-12H2,1-2H3,(H,19,20). The van der Waals surface area contributed by atoms with E-state index in [9.17, 15) is 13.2 Å². The van der Waals surface area contributed by atoms with Crippen LogP contribution < -0.4 is 4.72 Å². The molecule has 8 heteroatoms. The van der Waals surface area contributed by atoms with Crippen molar-refractivity contribution in [3.63, 3.8) is 0 Å². The van der Waals surface area contributed by atoms with Gasteiger partial charge in [-0.1, -0.05) is 25.4 Å². The lowest BCUT2D eigenvalue weighted by Crippen LogP contribution is -2.26. The Hall–Kier alpha value is -0.760. The Morgan fingerprint density at radius 2 is 1.88 bits per heavy atom. The summed E-state index contributed by atoms with van der Waals surface area (Å²) in [6, 6.07) is 6.04. The molecule has 5 nitrogen and oxygen atoms in total. The van der Waals surface area contributed by atoms with E-state index in [0.717, 1.165) is 18.6 Å². The van der Waals surface area contributed by atoms with Gasteiger partial charge >= 0.3 is 5.97 Å². The third kappa shape index (κ3) is 8.37. The summed E-state index contributed by atoms with van der Waals surface area (Å²) in [7, 11) is -3.49. The van der Waals surface area contributed by atoms with E-state index in [-0.39, 0.29) is 16.7 Å². The zero-order valence-corrected chi connectivity index (χ0v) is 16.3. The van der Waals surface area contributed by atoms with Gasteiger partial charge in [0.15, 0.2) is 0 Å². The summed E-state index contributed by atoms with van der Waals surface area (Å²) in [5.74, 6) is 0.780. The van der Waals surface area contributed by atoms with Crippen LogP contribution in [-0.4, -0.2) is 37.5 Å². The van der Waals surface area contributed by atoms with Crippen molar-refractivity contribution in [2.45, 2.75) is 38.0 Å². The monoisotopic (exact) mass is 393 g/mol. The van der Waals surface area contributed by atoms with Crippen LogP contribution in [0, 0.1) is 5.41 Å². The SMILES string of the molecule is CC(C)(CCCSCCNS(=O)(=O)c1ccc(Cl)cc1)CC(=O)O. The molecule has 1 aromatic rings. The van der Waals surface area contributed by atoms with Crippen LogP contribution in [0.1, 0.15) is 33.1 Å². The first kappa shape index (κ1) is 21.3. The second-order valence-corrected chi connectivity index (χ2v) is 9.73. The van der Waals surface area contributed by atoms with Crippen LogP contribution in [-0.2, 0) is 14.8 Å². The van der Waals surface area contributed by atoms with Crippen LogP contribution >= 0.6 is 23.4 Å². The zero-order valence-electron chi connectivity index (χ0n) is 13.9. The molecule has 1 rings (SSSR count). The van der Waals surface area contributed by atoms with E-state index < -0.39 is 16.0 Å². The highest BCUT2D eigenvalue weighted by atomic mass is 35.5. The lowest BCUT2D eigenvalue weighted by molar-refractivity contribution is -0.139. The van der Waals surface area contributed by atoms with E-state index >= 15 is 0 Å². The quantitative estimate of drug-likeness (QED) is 0.561. The molecule has 0 fully saturated rings. The van der Waals surface area contributed by atoms with Crippen LogP contribution in [0.3, 0.4) is 0 Å². The van der Waals surface area contributed by atoms with Crippen molar-refractivity contribution in [1.82, 2.24) is 4.72 Å². The number of nitrogens with one attached hydrogen (secondary N) is 1. The molecule has 24 heavy (non-hydrogen) atoms. The number of sulfonamides is 1. The fourth-order valence-electron chi connectivity index (χ4n) is 2.20. The van der Waals surface area contributed by atoms with Crippen LogP contribution in [0.15, 0.2) is 29.2 Å². The van der Waals surface area contributed by atoms with Gasteiger partial charge in [0, 0.05) is 17.3 Å². The average Bonchev–Trinajstić information content (AvgIpc) is 2.45. The number of halogens is 1. The molecule has 0 unspecified atom stereocenters. The van der Waals surface area contributed by atoms with E-state index in [4.69, 9.17) is 16.7 Å². The smallest absolute Gasteiger partial charge is 0.303 e. The fraction of sp³-hybridized carbons (Fsp3) is 0.562. The number of rotatable bonds is 11. The minimum Gasteiger partial charge on any atom is -0.481 e. The highest BCUT2D eigenvalue weighted by molar-refractivity contribution is 7.99. The van der Waals surface area contributed by atoms with E-state index in [1.807, 2.05) is 13.8 Å². The number of carbonyl (C=O) groups is 1. The molecule has 0 aromatic heterocycles. The third-order valence-corrected chi connectivity index (χ3v) is 6.23. The Morgan fingerprint density at radius 1 is 1.25 bits per heavy atom. The largest absolute Gasteiger partial charge is 0.481 e. The molecule has 0 spiro atoms. The van der Waals surface area contributed by atoms with Gasteiger partial charge in [0.25, 0.3) is 0 Å². The van der Waals surface area contributed by atoms with E-state index in [1.165, 1.54) is 12.1 Å². The average molecular weight is 394 g/mol. The van der Waals surface area contributed by atoms with Gasteiger partial charge in [0.2, 0.25) is 10.0 Å². The Balaban J connectivity index is 2.22. The minimum atomic E-state index is -3.49. The predicted molar refractivity (Wildman–Crippen MR) is 99.2 cm³/mol. The van der Waals surface area contributed by atoms with Gasteiger partial charge in [0.1, 0.15) is 0 Å². The van der Waals surface area contributed by atoms with Crippen LogP contribution in [0.4, 0.5) is 0 Å². The van der Waals surface area contributed by atoms with Crippen molar-refractivity contribution in [3.8, 4) is 0 Å². The highest BCUT2D eigenvalue weighted by Crippen LogP contribution is 2.27. The maximum Gasteiger partial charge on any atom is 0.303 e. The first-order valence-corrected chi connectivity index (χ1v) is 10.7. The molecule has 0 heterocycles. The summed E-state index contributed by atoms with van der Waals surface area (Å²) in [6.07, 6.45) is 1.91. The van der Waals surface area contributed by atoms with Crippen molar-refractivity contribution in [2.24, 2.45) is 5.41 Å². The number of thioether (sulfide) groups is 1. The molecule has 1 aromatic carbocycles. The van der Waals surface area contributed by atoms with Gasteiger partial charge in [-0.3, -0.25) is 4.79 Å². The highest BCUT2D eigenvalue weighted by Gasteiger charge is 2.21. The minimum absolute atomic E-state index is 0.165. The normalized spacial score (nSPS) is 12.3. The Labute approximate surface area is 153 Å². The van der Waals surface area contributed by atoms with E-state index in [0.29, 0.717) is 17.3 Å². The van der Waals surface area contributed by atoms with Gasteiger partial charge < -0.3 is 5.11 Å². The summed E-state index contributed by atoms with van der Waals surface area (Å²) in [5, 5.41) is 9.33. The van der Waals surface area contributed by atoms with E-state index in [2.05, 4.69) is 4.72 Å². The topological polar surface area (TPSA) is 83.5 Å². The molecule has 0 aliphatic rings. The number of hydrogen-bond acceptors (Lipinski definition) is 4. The fourth-order valence-corrected chi connectivity index (χ4v) is 4.28. The summed E-state index contributed by atoms with van der Waals surface area (Å²) < 4.78 is 26.7. The molecule has 136 valence electrons. The lowest BCUT2D eigenvalue weighted by Gasteiger charge is -2.21. The van der Waals surface area contributed by atoms with Crippen molar-refractivity contribution in [2.75, 3.05) is 18.1 Å². The number of aliphatic carboxylic acids is 1. The van der Waals surface area contributed by atoms with Crippen LogP contribution in [0.2, 0.25) is 5.02 Å². The third-order valence-electron chi connectivity index (χ3n) is 3.43. The van der Waals surface area contributed by atoms with Crippen molar-refractivity contribution in [3.05, 3.63) is 29.3 Å². The maximum absolute atomic E-state index is 12.0. The lowest BCUT2D eigenvalue weighted by atomic mass is 9.85. The van der Waals surface area contributed by atoms with Gasteiger partial charge in [0.05, 0.1) is 11.3 Å². The predicted octanol–water partition coefficient (Wildman–Crippen LogP) is 3.63. The molecule has 0 radical (unpaired) electrons. The Morgan fingerprint density at radius 3 is 2.46 bits per heavy atom. The molecule has 0 saturated carbocycles. The second kappa shape index (κ2) is 9.65. The molecule has 0 atom stereocenters. The molecular weight excluding hydrogens is 370 g/mol. The number of hydrogen-bond donors (Lipinski definition) is 2. The van der Waals surface area contributed by atoms with Crippen LogP contribution in [0.5, 0.6) is 0 Å². The van der Waals surface area contributed by atoms with Gasteiger partial charge in [-0.25, -0.2) is 13.1 Å². The first-order valence-electron chi connectivity index (χ1n) is 7.67. The van der Waals surface area contributed by atoms with Crippen LogP contribution in [0.25, 0.3) is 0 Å².